The second-order valence-electron chi connectivity index (χ2n) is 4.41. The van der Waals surface area contributed by atoms with Crippen molar-refractivity contribution in [2.45, 2.75) is 19.0 Å². The van der Waals surface area contributed by atoms with Crippen molar-refractivity contribution in [1.82, 2.24) is 5.32 Å². The average Bonchev–Trinajstić information content (AvgIpc) is 2.82. The molecule has 2 N–H and O–H groups in total. The minimum Gasteiger partial charge on any atom is -0.395 e. The molecular formula is C14H19NO2S. The Morgan fingerprint density at radius 1 is 1.39 bits per heavy atom. The predicted molar refractivity (Wildman–Crippen MR) is 76.1 cm³/mol. The highest BCUT2D eigenvalue weighted by molar-refractivity contribution is 7.19. The van der Waals surface area contributed by atoms with Gasteiger partial charge >= 0.3 is 0 Å². The summed E-state index contributed by atoms with van der Waals surface area (Å²) in [4.78, 5) is 1.28. The molecule has 2 rings (SSSR count). The summed E-state index contributed by atoms with van der Waals surface area (Å²) in [7, 11) is 1.65. The topological polar surface area (TPSA) is 41.5 Å². The summed E-state index contributed by atoms with van der Waals surface area (Å²) in [6.07, 6.45) is 0. The van der Waals surface area contributed by atoms with Crippen molar-refractivity contribution >= 4 is 21.4 Å². The summed E-state index contributed by atoms with van der Waals surface area (Å²) in [6.45, 7) is 2.72. The number of hydrogen-bond acceptors (Lipinski definition) is 4. The molecule has 0 aliphatic heterocycles. The summed E-state index contributed by atoms with van der Waals surface area (Å²) < 4.78 is 6.37. The van der Waals surface area contributed by atoms with Gasteiger partial charge in [-0.1, -0.05) is 18.2 Å². The van der Waals surface area contributed by atoms with Crippen molar-refractivity contribution in [3.63, 3.8) is 0 Å². The van der Waals surface area contributed by atoms with Gasteiger partial charge in [-0.05, 0) is 24.4 Å². The summed E-state index contributed by atoms with van der Waals surface area (Å²) in [6, 6.07) is 10.8. The van der Waals surface area contributed by atoms with Crippen LogP contribution >= 0.6 is 11.3 Å². The van der Waals surface area contributed by atoms with E-state index in [1.807, 2.05) is 0 Å². The molecule has 0 spiro atoms. The minimum atomic E-state index is -0.0183. The molecule has 2 atom stereocenters. The summed E-state index contributed by atoms with van der Waals surface area (Å²) in [5.74, 6) is 0. The molecule has 4 heteroatoms. The third-order valence-corrected chi connectivity index (χ3v) is 4.24. The first-order chi connectivity index (χ1) is 8.74. The molecule has 18 heavy (non-hydrogen) atoms. The molecule has 1 aromatic carbocycles. The first kappa shape index (κ1) is 13.5. The number of methoxy groups -OCH3 is 1. The SMILES string of the molecule is COCC(CO)NC(C)c1cc2ccccc2s1. The van der Waals surface area contributed by atoms with Crippen molar-refractivity contribution in [1.29, 1.82) is 0 Å². The number of hydrogen-bond donors (Lipinski definition) is 2. The summed E-state index contributed by atoms with van der Waals surface area (Å²) in [5.41, 5.74) is 0. The lowest BCUT2D eigenvalue weighted by molar-refractivity contribution is 0.123. The van der Waals surface area contributed by atoms with Gasteiger partial charge in [0.1, 0.15) is 0 Å². The van der Waals surface area contributed by atoms with Crippen molar-refractivity contribution in [3.05, 3.63) is 35.2 Å². The fourth-order valence-electron chi connectivity index (χ4n) is 2.01. The van der Waals surface area contributed by atoms with Gasteiger partial charge in [0.2, 0.25) is 0 Å². The van der Waals surface area contributed by atoms with Crippen LogP contribution in [0.1, 0.15) is 17.8 Å². The minimum absolute atomic E-state index is 0.0183. The van der Waals surface area contributed by atoms with Crippen molar-refractivity contribution < 1.29 is 9.84 Å². The maximum Gasteiger partial charge on any atom is 0.0638 e. The molecule has 98 valence electrons. The van der Waals surface area contributed by atoms with E-state index in [4.69, 9.17) is 4.74 Å². The number of thiophene rings is 1. The highest BCUT2D eigenvalue weighted by atomic mass is 32.1. The van der Waals surface area contributed by atoms with E-state index >= 15 is 0 Å². The molecule has 1 heterocycles. The summed E-state index contributed by atoms with van der Waals surface area (Å²) in [5, 5.41) is 13.9. The molecule has 2 unspecified atom stereocenters. The Hall–Kier alpha value is -0.940. The first-order valence-corrected chi connectivity index (χ1v) is 6.90. The van der Waals surface area contributed by atoms with Crippen LogP contribution in [0.2, 0.25) is 0 Å². The monoisotopic (exact) mass is 265 g/mol. The molecule has 0 saturated heterocycles. The van der Waals surface area contributed by atoms with Crippen LogP contribution in [0.5, 0.6) is 0 Å². The van der Waals surface area contributed by atoms with Gasteiger partial charge < -0.3 is 15.2 Å². The Kier molecular flexibility index (Phi) is 4.72. The molecule has 1 aromatic heterocycles. The molecule has 0 aliphatic rings. The van der Waals surface area contributed by atoms with E-state index in [-0.39, 0.29) is 18.7 Å². The van der Waals surface area contributed by atoms with Crippen molar-refractivity contribution in [2.24, 2.45) is 0 Å². The highest BCUT2D eigenvalue weighted by Crippen LogP contribution is 2.29. The molecule has 0 radical (unpaired) electrons. The third-order valence-electron chi connectivity index (χ3n) is 2.95. The van der Waals surface area contributed by atoms with Gasteiger partial charge in [-0.3, -0.25) is 0 Å². The van der Waals surface area contributed by atoms with Crippen molar-refractivity contribution in [2.75, 3.05) is 20.3 Å². The zero-order chi connectivity index (χ0) is 13.0. The number of aliphatic hydroxyl groups excluding tert-OH is 1. The van der Waals surface area contributed by atoms with E-state index in [0.717, 1.165) is 0 Å². The fourth-order valence-corrected chi connectivity index (χ4v) is 3.08. The maximum absolute atomic E-state index is 9.25. The lowest BCUT2D eigenvalue weighted by atomic mass is 10.2. The Morgan fingerprint density at radius 2 is 2.17 bits per heavy atom. The first-order valence-electron chi connectivity index (χ1n) is 6.09. The number of ether oxygens (including phenoxy) is 1. The second-order valence-corrected chi connectivity index (χ2v) is 5.53. The van der Waals surface area contributed by atoms with Gasteiger partial charge in [-0.25, -0.2) is 0 Å². The molecule has 0 amide bonds. The van der Waals surface area contributed by atoms with Gasteiger partial charge in [0.05, 0.1) is 19.3 Å². The van der Waals surface area contributed by atoms with Crippen LogP contribution in [0.4, 0.5) is 0 Å². The van der Waals surface area contributed by atoms with E-state index in [9.17, 15) is 5.11 Å². The Labute approximate surface area is 111 Å². The molecule has 2 aromatic rings. The molecule has 0 aliphatic carbocycles. The van der Waals surface area contributed by atoms with Crippen LogP contribution in [0.15, 0.2) is 30.3 Å². The lowest BCUT2D eigenvalue weighted by Crippen LogP contribution is -2.37. The Morgan fingerprint density at radius 3 is 2.83 bits per heavy atom. The average molecular weight is 265 g/mol. The number of aliphatic hydroxyl groups is 1. The molecule has 0 fully saturated rings. The molecule has 0 saturated carbocycles. The van der Waals surface area contributed by atoms with Gasteiger partial charge in [0.15, 0.2) is 0 Å². The van der Waals surface area contributed by atoms with Gasteiger partial charge in [-0.15, -0.1) is 11.3 Å². The number of rotatable bonds is 6. The standard InChI is InChI=1S/C14H19NO2S/c1-10(15-12(8-16)9-17-2)14-7-11-5-3-4-6-13(11)18-14/h3-7,10,12,15-16H,8-9H2,1-2H3. The normalized spacial score (nSPS) is 14.8. The van der Waals surface area contributed by atoms with E-state index in [2.05, 4.69) is 42.6 Å². The zero-order valence-electron chi connectivity index (χ0n) is 10.7. The van der Waals surface area contributed by atoms with E-state index < -0.39 is 0 Å². The van der Waals surface area contributed by atoms with E-state index in [1.54, 1.807) is 18.4 Å². The van der Waals surface area contributed by atoms with Crippen molar-refractivity contribution in [3.8, 4) is 0 Å². The molecule has 3 nitrogen and oxygen atoms in total. The zero-order valence-corrected chi connectivity index (χ0v) is 11.5. The maximum atomic E-state index is 9.25. The second kappa shape index (κ2) is 6.29. The number of fused-ring (bicyclic) bond motifs is 1. The van der Waals surface area contributed by atoms with E-state index in [0.29, 0.717) is 6.61 Å². The Balaban J connectivity index is 2.10. The number of benzene rings is 1. The van der Waals surface area contributed by atoms with Crippen LogP contribution in [-0.2, 0) is 4.74 Å². The molecular weight excluding hydrogens is 246 g/mol. The largest absolute Gasteiger partial charge is 0.395 e. The quantitative estimate of drug-likeness (QED) is 0.843. The predicted octanol–water partition coefficient (Wildman–Crippen LogP) is 2.56. The van der Waals surface area contributed by atoms with Crippen LogP contribution in [0, 0.1) is 0 Å². The third kappa shape index (κ3) is 3.09. The smallest absolute Gasteiger partial charge is 0.0638 e. The summed E-state index contributed by atoms with van der Waals surface area (Å²) >= 11 is 1.79. The fraction of sp³-hybridized carbons (Fsp3) is 0.429. The Bertz CT molecular complexity index is 464. The molecule has 0 bridgehead atoms. The number of nitrogens with one attached hydrogen (secondary N) is 1. The van der Waals surface area contributed by atoms with Crippen LogP contribution in [0.25, 0.3) is 10.1 Å². The highest BCUT2D eigenvalue weighted by Gasteiger charge is 2.14. The lowest BCUT2D eigenvalue weighted by Gasteiger charge is -2.20. The van der Waals surface area contributed by atoms with Crippen LogP contribution in [0.3, 0.4) is 0 Å². The van der Waals surface area contributed by atoms with E-state index in [1.165, 1.54) is 15.0 Å². The van der Waals surface area contributed by atoms with Gasteiger partial charge in [0.25, 0.3) is 0 Å². The van der Waals surface area contributed by atoms with Gasteiger partial charge in [0, 0.05) is 22.7 Å². The van der Waals surface area contributed by atoms with Crippen LogP contribution in [-0.4, -0.2) is 31.5 Å². The van der Waals surface area contributed by atoms with Gasteiger partial charge in [-0.2, -0.15) is 0 Å². The van der Waals surface area contributed by atoms with Crippen LogP contribution < -0.4 is 5.32 Å².